The molecule has 1 N–H and O–H groups in total. The van der Waals surface area contributed by atoms with Gasteiger partial charge in [-0.1, -0.05) is 6.07 Å². The van der Waals surface area contributed by atoms with Crippen LogP contribution in [0.2, 0.25) is 0 Å². The van der Waals surface area contributed by atoms with E-state index in [1.807, 2.05) is 0 Å². The molecule has 0 unspecified atom stereocenters. The van der Waals surface area contributed by atoms with E-state index in [-0.39, 0.29) is 40.6 Å². The molecule has 0 aliphatic rings. The third-order valence-corrected chi connectivity index (χ3v) is 5.68. The number of aromatic nitrogens is 1. The fourth-order valence-corrected chi connectivity index (χ4v) is 3.60. The quantitative estimate of drug-likeness (QED) is 0.459. The highest BCUT2D eigenvalue weighted by Gasteiger charge is 2.19. The maximum Gasteiger partial charge on any atom is 0.303 e. The minimum absolute atomic E-state index is 0.0336. The maximum atomic E-state index is 14.0. The summed E-state index contributed by atoms with van der Waals surface area (Å²) in [6.07, 6.45) is 0. The molecule has 0 bridgehead atoms. The zero-order chi connectivity index (χ0) is 25.0. The number of nitrogens with one attached hydrogen (secondary N) is 1. The van der Waals surface area contributed by atoms with Crippen molar-refractivity contribution in [2.24, 2.45) is 0 Å². The van der Waals surface area contributed by atoms with Crippen molar-refractivity contribution in [2.45, 2.75) is 27.1 Å². The highest BCUT2D eigenvalue weighted by atomic mass is 79.9. The Morgan fingerprint density at radius 1 is 1.09 bits per heavy atom. The van der Waals surface area contributed by atoms with Gasteiger partial charge in [-0.3, -0.25) is 19.0 Å². The Kier molecular flexibility index (Phi) is 7.83. The standard InChI is InChI=1S/C24H21BrF2N2O5/c1-13-4-5-15(23(31)28-3)8-20(13)29-18(12-33-14(2)30)10-21(22(25)24(29)32)34-11-16-6-7-17(26)9-19(16)27/h4-10H,11-12H2,1-3H3,(H,28,31). The molecule has 2 aromatic carbocycles. The number of ether oxygens (including phenoxy) is 2. The van der Waals surface area contributed by atoms with Crippen LogP contribution in [0.4, 0.5) is 8.78 Å². The van der Waals surface area contributed by atoms with E-state index in [9.17, 15) is 23.2 Å². The highest BCUT2D eigenvalue weighted by molar-refractivity contribution is 9.10. The molecular formula is C24H21BrF2N2O5. The molecule has 0 spiro atoms. The molecule has 3 aromatic rings. The van der Waals surface area contributed by atoms with Crippen molar-refractivity contribution in [3.05, 3.63) is 91.3 Å². The Morgan fingerprint density at radius 2 is 1.82 bits per heavy atom. The zero-order valence-electron chi connectivity index (χ0n) is 18.6. The molecule has 1 heterocycles. The van der Waals surface area contributed by atoms with Crippen molar-refractivity contribution in [3.8, 4) is 11.4 Å². The van der Waals surface area contributed by atoms with Gasteiger partial charge in [0, 0.05) is 37.2 Å². The average molecular weight is 535 g/mol. The lowest BCUT2D eigenvalue weighted by Gasteiger charge is -2.19. The second-order valence-electron chi connectivity index (χ2n) is 7.34. The number of carbonyl (C=O) groups is 2. The van der Waals surface area contributed by atoms with Gasteiger partial charge in [-0.2, -0.15) is 0 Å². The number of hydrogen-bond donors (Lipinski definition) is 1. The van der Waals surface area contributed by atoms with Gasteiger partial charge >= 0.3 is 5.97 Å². The van der Waals surface area contributed by atoms with Gasteiger partial charge in [0.05, 0.1) is 11.4 Å². The van der Waals surface area contributed by atoms with Gasteiger partial charge in [-0.05, 0) is 52.7 Å². The van der Waals surface area contributed by atoms with Gasteiger partial charge in [-0.25, -0.2) is 8.78 Å². The second-order valence-corrected chi connectivity index (χ2v) is 8.13. The van der Waals surface area contributed by atoms with Gasteiger partial charge in [-0.15, -0.1) is 0 Å². The highest BCUT2D eigenvalue weighted by Crippen LogP contribution is 2.27. The largest absolute Gasteiger partial charge is 0.487 e. The summed E-state index contributed by atoms with van der Waals surface area (Å²) in [7, 11) is 1.49. The fraction of sp³-hybridized carbons (Fsp3) is 0.208. The summed E-state index contributed by atoms with van der Waals surface area (Å²) in [5.74, 6) is -2.33. The van der Waals surface area contributed by atoms with Gasteiger partial charge < -0.3 is 14.8 Å². The first-order chi connectivity index (χ1) is 16.1. The third-order valence-electron chi connectivity index (χ3n) is 4.95. The van der Waals surface area contributed by atoms with E-state index < -0.39 is 23.2 Å². The molecule has 0 saturated carbocycles. The summed E-state index contributed by atoms with van der Waals surface area (Å²) >= 11 is 3.23. The van der Waals surface area contributed by atoms with Crippen LogP contribution in [0.5, 0.6) is 5.75 Å². The molecule has 10 heteroatoms. The Hall–Kier alpha value is -3.53. The number of esters is 1. The van der Waals surface area contributed by atoms with Crippen LogP contribution in [-0.4, -0.2) is 23.5 Å². The monoisotopic (exact) mass is 534 g/mol. The van der Waals surface area contributed by atoms with Crippen LogP contribution < -0.4 is 15.6 Å². The molecular weight excluding hydrogens is 514 g/mol. The lowest BCUT2D eigenvalue weighted by atomic mass is 10.1. The van der Waals surface area contributed by atoms with Crippen LogP contribution in [0, 0.1) is 18.6 Å². The molecule has 3 rings (SSSR count). The third kappa shape index (κ3) is 5.51. The first-order valence-electron chi connectivity index (χ1n) is 10.1. The summed E-state index contributed by atoms with van der Waals surface area (Å²) in [6, 6.07) is 9.42. The molecule has 0 aliphatic heterocycles. The number of hydrogen-bond acceptors (Lipinski definition) is 5. The molecule has 0 radical (unpaired) electrons. The average Bonchev–Trinajstić information content (AvgIpc) is 2.80. The van der Waals surface area contributed by atoms with Crippen molar-refractivity contribution < 1.29 is 27.8 Å². The summed E-state index contributed by atoms with van der Waals surface area (Å²) in [6.45, 7) is 2.46. The summed E-state index contributed by atoms with van der Waals surface area (Å²) in [4.78, 5) is 36.9. The van der Waals surface area contributed by atoms with Gasteiger partial charge in [0.1, 0.15) is 35.1 Å². The molecule has 1 aromatic heterocycles. The lowest BCUT2D eigenvalue weighted by Crippen LogP contribution is -2.26. The Balaban J connectivity index is 2.10. The first-order valence-corrected chi connectivity index (χ1v) is 10.9. The van der Waals surface area contributed by atoms with Crippen molar-refractivity contribution in [1.29, 1.82) is 0 Å². The van der Waals surface area contributed by atoms with E-state index in [0.29, 0.717) is 16.8 Å². The van der Waals surface area contributed by atoms with E-state index in [0.717, 1.165) is 12.1 Å². The number of nitrogens with zero attached hydrogens (tertiary/aromatic N) is 1. The topological polar surface area (TPSA) is 86.6 Å². The number of halogens is 3. The van der Waals surface area contributed by atoms with E-state index in [4.69, 9.17) is 9.47 Å². The van der Waals surface area contributed by atoms with Crippen LogP contribution in [0.1, 0.15) is 34.1 Å². The molecule has 7 nitrogen and oxygen atoms in total. The second kappa shape index (κ2) is 10.6. The molecule has 0 aliphatic carbocycles. The van der Waals surface area contributed by atoms with Gasteiger partial charge in [0.2, 0.25) is 0 Å². The maximum absolute atomic E-state index is 14.0. The number of rotatable bonds is 7. The number of carbonyl (C=O) groups excluding carboxylic acids is 2. The smallest absolute Gasteiger partial charge is 0.303 e. The van der Waals surface area contributed by atoms with Crippen molar-refractivity contribution in [2.75, 3.05) is 7.05 Å². The first kappa shape index (κ1) is 25.1. The van der Waals surface area contributed by atoms with E-state index >= 15 is 0 Å². The van der Waals surface area contributed by atoms with Crippen molar-refractivity contribution in [1.82, 2.24) is 9.88 Å². The number of amides is 1. The van der Waals surface area contributed by atoms with Crippen LogP contribution in [0.15, 0.2) is 51.7 Å². The summed E-state index contributed by atoms with van der Waals surface area (Å²) < 4.78 is 39.3. The minimum atomic E-state index is -0.786. The van der Waals surface area contributed by atoms with Crippen LogP contribution in [-0.2, 0) is 22.7 Å². The Bertz CT molecular complexity index is 1320. The van der Waals surface area contributed by atoms with Crippen LogP contribution >= 0.6 is 15.9 Å². The van der Waals surface area contributed by atoms with E-state index in [1.54, 1.807) is 25.1 Å². The zero-order valence-corrected chi connectivity index (χ0v) is 20.2. The van der Waals surface area contributed by atoms with Crippen LogP contribution in [0.25, 0.3) is 5.69 Å². The summed E-state index contributed by atoms with van der Waals surface area (Å²) in [5, 5.41) is 2.53. The Labute approximate surface area is 202 Å². The predicted octanol–water partition coefficient (Wildman–Crippen LogP) is 4.19. The number of aryl methyl sites for hydroxylation is 1. The van der Waals surface area contributed by atoms with Crippen molar-refractivity contribution >= 4 is 27.8 Å². The molecule has 178 valence electrons. The fourth-order valence-electron chi connectivity index (χ4n) is 3.19. The molecule has 0 atom stereocenters. The van der Waals surface area contributed by atoms with Crippen molar-refractivity contribution in [3.63, 3.8) is 0 Å². The normalized spacial score (nSPS) is 10.6. The van der Waals surface area contributed by atoms with Gasteiger partial charge in [0.15, 0.2) is 0 Å². The van der Waals surface area contributed by atoms with Crippen LogP contribution in [0.3, 0.4) is 0 Å². The number of pyridine rings is 1. The molecule has 0 saturated heterocycles. The Morgan fingerprint density at radius 3 is 2.47 bits per heavy atom. The van der Waals surface area contributed by atoms with Gasteiger partial charge in [0.25, 0.3) is 11.5 Å². The lowest BCUT2D eigenvalue weighted by molar-refractivity contribution is -0.142. The molecule has 0 fully saturated rings. The summed E-state index contributed by atoms with van der Waals surface area (Å²) in [5.41, 5.74) is 1.23. The predicted molar refractivity (Wildman–Crippen MR) is 124 cm³/mol. The molecule has 34 heavy (non-hydrogen) atoms. The van der Waals surface area contributed by atoms with E-state index in [1.165, 1.54) is 30.7 Å². The number of benzene rings is 2. The minimum Gasteiger partial charge on any atom is -0.487 e. The SMILES string of the molecule is CNC(=O)c1ccc(C)c(-n2c(COC(C)=O)cc(OCc3ccc(F)cc3F)c(Br)c2=O)c1. The van der Waals surface area contributed by atoms with E-state index in [2.05, 4.69) is 21.2 Å². The molecule has 1 amide bonds.